The van der Waals surface area contributed by atoms with E-state index in [0.717, 1.165) is 35.1 Å². The van der Waals surface area contributed by atoms with Crippen LogP contribution >= 0.6 is 0 Å². The van der Waals surface area contributed by atoms with Crippen LogP contribution in [0.15, 0.2) is 65.6 Å². The Morgan fingerprint density at radius 3 is 2.08 bits per heavy atom. The number of carbonyl (C=O) groups is 2. The number of benzene rings is 2. The predicted molar refractivity (Wildman–Crippen MR) is 140 cm³/mol. The molecule has 2 aromatic carbocycles. The summed E-state index contributed by atoms with van der Waals surface area (Å²) in [6, 6.07) is 16.1. The number of amides is 2. The highest BCUT2D eigenvalue weighted by molar-refractivity contribution is 5.95. The van der Waals surface area contributed by atoms with Crippen LogP contribution in [0, 0.1) is 6.92 Å². The van der Waals surface area contributed by atoms with Gasteiger partial charge in [0.15, 0.2) is 5.43 Å². The zero-order chi connectivity index (χ0) is 28.1. The van der Waals surface area contributed by atoms with Gasteiger partial charge in [-0.05, 0) is 55.9 Å². The summed E-state index contributed by atoms with van der Waals surface area (Å²) in [5.74, 6) is -2.57. The molecule has 1 atom stereocenters. The number of pyridine rings is 1. The predicted octanol–water partition coefficient (Wildman–Crippen LogP) is 3.85. The molecule has 1 aromatic heterocycles. The molecule has 7 nitrogen and oxygen atoms in total. The minimum Gasteiger partial charge on any atom is -0.344 e. The van der Waals surface area contributed by atoms with E-state index in [9.17, 15) is 27.6 Å². The quantitative estimate of drug-likeness (QED) is 0.548. The number of alkyl halides is 3. The average Bonchev–Trinajstić information content (AvgIpc) is 3.05. The van der Waals surface area contributed by atoms with Gasteiger partial charge in [0.1, 0.15) is 11.9 Å². The van der Waals surface area contributed by atoms with Gasteiger partial charge in [-0.15, -0.1) is 0 Å². The number of aromatic nitrogens is 1. The van der Waals surface area contributed by atoms with Crippen molar-refractivity contribution in [2.24, 2.45) is 0 Å². The number of carbonyl (C=O) groups excluding carboxylic acids is 2. The molecule has 39 heavy (non-hydrogen) atoms. The van der Waals surface area contributed by atoms with Crippen molar-refractivity contribution in [1.29, 1.82) is 0 Å². The van der Waals surface area contributed by atoms with E-state index in [1.807, 2.05) is 58.9 Å². The van der Waals surface area contributed by atoms with Gasteiger partial charge in [-0.3, -0.25) is 24.1 Å². The fourth-order valence-electron chi connectivity index (χ4n) is 5.74. The molecule has 2 aliphatic rings. The van der Waals surface area contributed by atoms with Gasteiger partial charge >= 0.3 is 12.1 Å². The molecule has 1 aliphatic carbocycles. The fraction of sp³-hybridized carbons (Fsp3) is 0.345. The Hall–Kier alpha value is -4.08. The molecule has 0 fully saturated rings. The Morgan fingerprint density at radius 2 is 1.54 bits per heavy atom. The van der Waals surface area contributed by atoms with Crippen LogP contribution in [0.3, 0.4) is 0 Å². The Kier molecular flexibility index (Phi) is 6.74. The van der Waals surface area contributed by atoms with Crippen molar-refractivity contribution in [3.63, 3.8) is 0 Å². The third-order valence-corrected chi connectivity index (χ3v) is 7.52. The van der Waals surface area contributed by atoms with Crippen molar-refractivity contribution in [2.45, 2.75) is 58.0 Å². The highest BCUT2D eigenvalue weighted by Crippen LogP contribution is 2.39. The molecule has 1 unspecified atom stereocenters. The average molecular weight is 539 g/mol. The smallest absolute Gasteiger partial charge is 0.344 e. The molecule has 2 heterocycles. The third kappa shape index (κ3) is 4.57. The van der Waals surface area contributed by atoms with E-state index in [2.05, 4.69) is 0 Å². The van der Waals surface area contributed by atoms with Crippen molar-refractivity contribution in [1.82, 2.24) is 14.9 Å². The van der Waals surface area contributed by atoms with E-state index in [1.54, 1.807) is 25.4 Å². The third-order valence-electron chi connectivity index (χ3n) is 7.52. The molecular weight excluding hydrogens is 509 g/mol. The molecule has 0 spiro atoms. The second kappa shape index (κ2) is 9.91. The Bertz CT molecular complexity index is 1450. The SMILES string of the molecule is Cc1c2n(ccc1=O)N(C1c3ccccc3CCc3ccccc31)C(CNC(=O)C(F)(F)F)N(C(C)C)C2=O. The number of rotatable bonds is 4. The Labute approximate surface area is 223 Å². The van der Waals surface area contributed by atoms with Crippen LogP contribution in [0.4, 0.5) is 13.2 Å². The van der Waals surface area contributed by atoms with E-state index >= 15 is 0 Å². The number of aryl methyl sites for hydroxylation is 2. The molecule has 1 N–H and O–H groups in total. The van der Waals surface area contributed by atoms with Crippen molar-refractivity contribution in [3.05, 3.63) is 105 Å². The van der Waals surface area contributed by atoms with Gasteiger partial charge in [0.2, 0.25) is 0 Å². The largest absolute Gasteiger partial charge is 0.471 e. The van der Waals surface area contributed by atoms with Gasteiger partial charge in [-0.2, -0.15) is 13.2 Å². The van der Waals surface area contributed by atoms with Crippen LogP contribution in [-0.2, 0) is 17.6 Å². The van der Waals surface area contributed by atoms with Crippen LogP contribution in [0.5, 0.6) is 0 Å². The minimum absolute atomic E-state index is 0.147. The number of halogens is 3. The molecular formula is C29H29F3N4O3. The minimum atomic E-state index is -5.08. The second-order valence-electron chi connectivity index (χ2n) is 10.2. The lowest BCUT2D eigenvalue weighted by molar-refractivity contribution is -0.173. The molecule has 204 valence electrons. The lowest BCUT2D eigenvalue weighted by atomic mass is 9.93. The van der Waals surface area contributed by atoms with Crippen molar-refractivity contribution in [2.75, 3.05) is 11.6 Å². The number of fused-ring (bicyclic) bond motifs is 3. The molecule has 0 radical (unpaired) electrons. The summed E-state index contributed by atoms with van der Waals surface area (Å²) >= 11 is 0. The van der Waals surface area contributed by atoms with Gasteiger partial charge in [-0.1, -0.05) is 48.5 Å². The number of nitrogens with zero attached hydrogens (tertiary/aromatic N) is 3. The fourth-order valence-corrected chi connectivity index (χ4v) is 5.74. The van der Waals surface area contributed by atoms with Crippen LogP contribution in [0.1, 0.15) is 58.2 Å². The first-order valence-corrected chi connectivity index (χ1v) is 12.8. The first kappa shape index (κ1) is 26.5. The second-order valence-corrected chi connectivity index (χ2v) is 10.2. The van der Waals surface area contributed by atoms with E-state index in [1.165, 1.54) is 17.2 Å². The summed E-state index contributed by atoms with van der Waals surface area (Å²) in [5.41, 5.74) is 4.10. The summed E-state index contributed by atoms with van der Waals surface area (Å²) in [7, 11) is 0. The molecule has 1 aliphatic heterocycles. The first-order valence-electron chi connectivity index (χ1n) is 12.8. The first-order chi connectivity index (χ1) is 18.5. The number of nitrogens with one attached hydrogen (secondary N) is 1. The van der Waals surface area contributed by atoms with Crippen molar-refractivity contribution in [3.8, 4) is 0 Å². The highest BCUT2D eigenvalue weighted by Gasteiger charge is 2.46. The van der Waals surface area contributed by atoms with Gasteiger partial charge < -0.3 is 10.2 Å². The van der Waals surface area contributed by atoms with Gasteiger partial charge in [-0.25, -0.2) is 0 Å². The maximum Gasteiger partial charge on any atom is 0.471 e. The van der Waals surface area contributed by atoms with Gasteiger partial charge in [0.25, 0.3) is 5.91 Å². The monoisotopic (exact) mass is 538 g/mol. The van der Waals surface area contributed by atoms with E-state index < -0.39 is 42.8 Å². The normalized spacial score (nSPS) is 17.4. The van der Waals surface area contributed by atoms with Crippen LogP contribution in [0.2, 0.25) is 0 Å². The molecule has 5 rings (SSSR count). The van der Waals surface area contributed by atoms with Crippen LogP contribution < -0.4 is 15.8 Å². The van der Waals surface area contributed by atoms with Crippen LogP contribution in [-0.4, -0.2) is 46.3 Å². The summed E-state index contributed by atoms with van der Waals surface area (Å²) < 4.78 is 41.3. The topological polar surface area (TPSA) is 74.7 Å². The summed E-state index contributed by atoms with van der Waals surface area (Å²) in [6.07, 6.45) is -3.06. The molecule has 2 amide bonds. The lowest BCUT2D eigenvalue weighted by Gasteiger charge is -2.51. The van der Waals surface area contributed by atoms with Gasteiger partial charge in [0.05, 0.1) is 12.6 Å². The van der Waals surface area contributed by atoms with Crippen molar-refractivity contribution >= 4 is 11.8 Å². The molecule has 3 aromatic rings. The maximum atomic E-state index is 13.9. The molecule has 0 saturated carbocycles. The maximum absolute atomic E-state index is 13.9. The van der Waals surface area contributed by atoms with E-state index in [0.29, 0.717) is 0 Å². The van der Waals surface area contributed by atoms with E-state index in [-0.39, 0.29) is 16.7 Å². The van der Waals surface area contributed by atoms with E-state index in [4.69, 9.17) is 0 Å². The lowest BCUT2D eigenvalue weighted by Crippen LogP contribution is -2.67. The highest BCUT2D eigenvalue weighted by atomic mass is 19.4. The van der Waals surface area contributed by atoms with Crippen LogP contribution in [0.25, 0.3) is 0 Å². The molecule has 0 bridgehead atoms. The summed E-state index contributed by atoms with van der Waals surface area (Å²) in [5, 5.41) is 3.85. The molecule has 10 heteroatoms. The zero-order valence-corrected chi connectivity index (χ0v) is 21.8. The van der Waals surface area contributed by atoms with Gasteiger partial charge in [0, 0.05) is 23.9 Å². The number of hydrogen-bond acceptors (Lipinski definition) is 4. The molecule has 0 saturated heterocycles. The Balaban J connectivity index is 1.79. The zero-order valence-electron chi connectivity index (χ0n) is 21.8. The Morgan fingerprint density at radius 1 is 0.974 bits per heavy atom. The van der Waals surface area contributed by atoms with Crippen molar-refractivity contribution < 1.29 is 22.8 Å². The number of hydrogen-bond donors (Lipinski definition) is 1. The summed E-state index contributed by atoms with van der Waals surface area (Å²) in [4.78, 5) is 39.9. The standard InChI is InChI=1S/C29H29F3N4O3/c1-17(2)35-24(16-33-28(39)29(30,31)32)36(34-15-14-23(37)18(3)25(34)27(35)38)26-21-10-6-4-8-19(21)12-13-20-9-5-7-11-22(20)26/h4-11,14-15,17,24,26H,12-13,16H2,1-3H3,(H,33,39). The summed E-state index contributed by atoms with van der Waals surface area (Å²) in [6.45, 7) is 4.61.